The molecule has 3 fully saturated rings. The van der Waals surface area contributed by atoms with E-state index in [-0.39, 0.29) is 23.8 Å². The standard InChI is InChI=1S/C24H28N4O6/c1-3-33-23(32)27-12-10-26(11-13-27)21(30)19-18-8-9-24(34-18)14-28(22(31)20(19)24)17-6-4-16(5-7-17)25-15(2)29/h4-9,18-20H,3,10-14H2,1-2H3,(H,25,29)/t18-,19+,20-,24+/m1/s1. The lowest BCUT2D eigenvalue weighted by molar-refractivity contribution is -0.141. The molecule has 4 atom stereocenters. The van der Waals surface area contributed by atoms with Gasteiger partial charge in [-0.25, -0.2) is 4.79 Å². The minimum atomic E-state index is -0.814. The zero-order chi connectivity index (χ0) is 24.0. The van der Waals surface area contributed by atoms with Crippen molar-refractivity contribution in [2.75, 3.05) is 49.5 Å². The summed E-state index contributed by atoms with van der Waals surface area (Å²) in [4.78, 5) is 55.3. The molecule has 0 aliphatic carbocycles. The topological polar surface area (TPSA) is 108 Å². The number of fused-ring (bicyclic) bond motifs is 1. The maximum absolute atomic E-state index is 13.5. The Balaban J connectivity index is 1.31. The fourth-order valence-corrected chi connectivity index (χ4v) is 5.46. The van der Waals surface area contributed by atoms with Crippen molar-refractivity contribution >= 4 is 35.2 Å². The van der Waals surface area contributed by atoms with Gasteiger partial charge in [0.15, 0.2) is 0 Å². The fraction of sp³-hybridized carbons (Fsp3) is 0.500. The van der Waals surface area contributed by atoms with Crippen molar-refractivity contribution in [1.29, 1.82) is 0 Å². The first-order valence-corrected chi connectivity index (χ1v) is 11.6. The molecule has 180 valence electrons. The van der Waals surface area contributed by atoms with E-state index in [0.717, 1.165) is 0 Å². The van der Waals surface area contributed by atoms with E-state index in [4.69, 9.17) is 9.47 Å². The van der Waals surface area contributed by atoms with Crippen LogP contribution in [0.25, 0.3) is 0 Å². The van der Waals surface area contributed by atoms with E-state index in [9.17, 15) is 19.2 Å². The summed E-state index contributed by atoms with van der Waals surface area (Å²) >= 11 is 0. The minimum absolute atomic E-state index is 0.110. The molecule has 0 aromatic heterocycles. The molecule has 4 heterocycles. The Hall–Kier alpha value is -3.40. The largest absolute Gasteiger partial charge is 0.450 e. The van der Waals surface area contributed by atoms with Gasteiger partial charge in [-0.05, 0) is 31.2 Å². The molecular weight excluding hydrogens is 440 g/mol. The molecule has 4 amide bonds. The van der Waals surface area contributed by atoms with Crippen LogP contribution < -0.4 is 10.2 Å². The van der Waals surface area contributed by atoms with Gasteiger partial charge in [0.2, 0.25) is 17.7 Å². The van der Waals surface area contributed by atoms with Crippen LogP contribution in [0.15, 0.2) is 36.4 Å². The van der Waals surface area contributed by atoms with Crippen LogP contribution in [0.3, 0.4) is 0 Å². The van der Waals surface area contributed by atoms with Gasteiger partial charge in [-0.15, -0.1) is 0 Å². The molecule has 3 saturated heterocycles. The molecule has 5 rings (SSSR count). The fourth-order valence-electron chi connectivity index (χ4n) is 5.46. The number of piperazine rings is 1. The molecule has 0 unspecified atom stereocenters. The van der Waals surface area contributed by atoms with Crippen molar-refractivity contribution in [3.8, 4) is 0 Å². The quantitative estimate of drug-likeness (QED) is 0.666. The summed E-state index contributed by atoms with van der Waals surface area (Å²) in [5.41, 5.74) is 0.524. The molecule has 4 aliphatic heterocycles. The number of nitrogens with one attached hydrogen (secondary N) is 1. The van der Waals surface area contributed by atoms with Crippen molar-refractivity contribution in [2.45, 2.75) is 25.6 Å². The van der Waals surface area contributed by atoms with E-state index < -0.39 is 23.5 Å². The van der Waals surface area contributed by atoms with E-state index >= 15 is 0 Å². The second-order valence-corrected chi connectivity index (χ2v) is 9.06. The Kier molecular flexibility index (Phi) is 5.55. The smallest absolute Gasteiger partial charge is 0.409 e. The molecule has 2 bridgehead atoms. The number of rotatable bonds is 4. The molecule has 0 radical (unpaired) electrons. The highest BCUT2D eigenvalue weighted by molar-refractivity contribution is 6.03. The van der Waals surface area contributed by atoms with Gasteiger partial charge in [0.25, 0.3) is 0 Å². The maximum atomic E-state index is 13.5. The highest BCUT2D eigenvalue weighted by atomic mass is 16.6. The van der Waals surface area contributed by atoms with Crippen molar-refractivity contribution in [3.05, 3.63) is 36.4 Å². The van der Waals surface area contributed by atoms with Gasteiger partial charge in [0, 0.05) is 44.5 Å². The second-order valence-electron chi connectivity index (χ2n) is 9.06. The molecule has 10 heteroatoms. The summed E-state index contributed by atoms with van der Waals surface area (Å²) in [6.45, 7) is 5.43. The third kappa shape index (κ3) is 3.62. The van der Waals surface area contributed by atoms with Crippen LogP contribution in [0.2, 0.25) is 0 Å². The van der Waals surface area contributed by atoms with Gasteiger partial charge in [-0.2, -0.15) is 0 Å². The highest BCUT2D eigenvalue weighted by Crippen LogP contribution is 2.53. The normalized spacial score (nSPS) is 29.4. The Morgan fingerprint density at radius 2 is 1.79 bits per heavy atom. The number of carbonyl (C=O) groups excluding carboxylic acids is 4. The number of nitrogens with zero attached hydrogens (tertiary/aromatic N) is 3. The van der Waals surface area contributed by atoms with Gasteiger partial charge >= 0.3 is 6.09 Å². The van der Waals surface area contributed by atoms with E-state index in [2.05, 4.69) is 5.32 Å². The maximum Gasteiger partial charge on any atom is 0.409 e. The Morgan fingerprint density at radius 1 is 1.12 bits per heavy atom. The molecule has 34 heavy (non-hydrogen) atoms. The number of benzene rings is 1. The van der Waals surface area contributed by atoms with E-state index in [1.54, 1.807) is 45.9 Å². The lowest BCUT2D eigenvalue weighted by Crippen LogP contribution is -2.54. The number of carbonyl (C=O) groups is 4. The second kappa shape index (κ2) is 8.43. The number of ether oxygens (including phenoxy) is 2. The van der Waals surface area contributed by atoms with Crippen molar-refractivity contribution < 1.29 is 28.7 Å². The zero-order valence-corrected chi connectivity index (χ0v) is 19.2. The minimum Gasteiger partial charge on any atom is -0.450 e. The predicted molar refractivity (Wildman–Crippen MR) is 122 cm³/mol. The summed E-state index contributed by atoms with van der Waals surface area (Å²) in [6.07, 6.45) is 3.03. The monoisotopic (exact) mass is 468 g/mol. The van der Waals surface area contributed by atoms with Crippen molar-refractivity contribution in [3.63, 3.8) is 0 Å². The number of amides is 4. The number of hydrogen-bond donors (Lipinski definition) is 1. The molecule has 1 N–H and O–H groups in total. The first kappa shape index (κ1) is 22.4. The van der Waals surface area contributed by atoms with Gasteiger partial charge in [0.05, 0.1) is 31.1 Å². The predicted octanol–water partition coefficient (Wildman–Crippen LogP) is 1.23. The number of hydrogen-bond acceptors (Lipinski definition) is 6. The first-order chi connectivity index (χ1) is 16.3. The summed E-state index contributed by atoms with van der Waals surface area (Å²) < 4.78 is 11.3. The molecular formula is C24H28N4O6. The molecule has 4 aliphatic rings. The van der Waals surface area contributed by atoms with Crippen LogP contribution in [0.4, 0.5) is 16.2 Å². The Labute approximate surface area is 197 Å². The average molecular weight is 469 g/mol. The van der Waals surface area contributed by atoms with Gasteiger partial charge in [0.1, 0.15) is 5.60 Å². The van der Waals surface area contributed by atoms with Crippen LogP contribution in [0.1, 0.15) is 13.8 Å². The van der Waals surface area contributed by atoms with E-state index in [1.165, 1.54) is 6.92 Å². The molecule has 1 aromatic rings. The van der Waals surface area contributed by atoms with Gasteiger partial charge < -0.3 is 29.5 Å². The summed E-state index contributed by atoms with van der Waals surface area (Å²) in [5, 5.41) is 2.71. The zero-order valence-electron chi connectivity index (χ0n) is 19.2. The Morgan fingerprint density at radius 3 is 2.44 bits per heavy atom. The third-order valence-corrected chi connectivity index (χ3v) is 7.00. The first-order valence-electron chi connectivity index (χ1n) is 11.6. The average Bonchev–Trinajstić information content (AvgIpc) is 3.47. The Bertz CT molecular complexity index is 1050. The highest BCUT2D eigenvalue weighted by Gasteiger charge is 2.67. The van der Waals surface area contributed by atoms with Crippen molar-refractivity contribution in [1.82, 2.24) is 9.80 Å². The van der Waals surface area contributed by atoms with Crippen LogP contribution in [0.5, 0.6) is 0 Å². The molecule has 1 spiro atoms. The molecule has 10 nitrogen and oxygen atoms in total. The lowest BCUT2D eigenvalue weighted by atomic mass is 9.76. The van der Waals surface area contributed by atoms with E-state index in [0.29, 0.717) is 50.7 Å². The number of anilines is 2. The summed E-state index contributed by atoms with van der Waals surface area (Å²) in [6, 6.07) is 7.05. The third-order valence-electron chi connectivity index (χ3n) is 7.00. The summed E-state index contributed by atoms with van der Waals surface area (Å²) in [5.74, 6) is -1.59. The van der Waals surface area contributed by atoms with Crippen LogP contribution in [-0.4, -0.2) is 84.7 Å². The summed E-state index contributed by atoms with van der Waals surface area (Å²) in [7, 11) is 0. The van der Waals surface area contributed by atoms with Crippen LogP contribution >= 0.6 is 0 Å². The van der Waals surface area contributed by atoms with Crippen LogP contribution in [-0.2, 0) is 23.9 Å². The van der Waals surface area contributed by atoms with E-state index in [1.807, 2.05) is 12.2 Å². The molecule has 0 saturated carbocycles. The van der Waals surface area contributed by atoms with Crippen molar-refractivity contribution in [2.24, 2.45) is 11.8 Å². The van der Waals surface area contributed by atoms with Gasteiger partial charge in [-0.3, -0.25) is 14.4 Å². The molecule has 1 aromatic carbocycles. The SMILES string of the molecule is CCOC(=O)N1CCN(C(=O)[C@H]2[C@H]3C=C[C@@]4(CN(c5ccc(NC(C)=O)cc5)C(=O)[C@@H]24)O3)CC1. The lowest BCUT2D eigenvalue weighted by Gasteiger charge is -2.36. The van der Waals surface area contributed by atoms with Gasteiger partial charge in [-0.1, -0.05) is 12.2 Å². The van der Waals surface area contributed by atoms with Crippen LogP contribution in [0, 0.1) is 11.8 Å².